The summed E-state index contributed by atoms with van der Waals surface area (Å²) in [7, 11) is 1.78. The van der Waals surface area contributed by atoms with E-state index in [0.717, 1.165) is 11.1 Å². The third-order valence-corrected chi connectivity index (χ3v) is 3.80. The first-order valence-corrected chi connectivity index (χ1v) is 7.79. The van der Waals surface area contributed by atoms with E-state index in [1.165, 1.54) is 4.80 Å². The standard InChI is InChI=1S/C18H19N5O/c1-14(18(24)22(2)13-15-9-5-3-6-10-15)23-20-17(19-21-23)16-11-7-4-8-12-16/h3-12,14H,13H2,1-2H3. The Kier molecular flexibility index (Phi) is 4.65. The van der Waals surface area contributed by atoms with Gasteiger partial charge in [-0.2, -0.15) is 4.80 Å². The van der Waals surface area contributed by atoms with E-state index in [-0.39, 0.29) is 5.91 Å². The molecule has 122 valence electrons. The average Bonchev–Trinajstić information content (AvgIpc) is 3.12. The van der Waals surface area contributed by atoms with Crippen LogP contribution < -0.4 is 0 Å². The Balaban J connectivity index is 1.70. The third kappa shape index (κ3) is 3.48. The zero-order valence-electron chi connectivity index (χ0n) is 13.7. The van der Waals surface area contributed by atoms with Crippen LogP contribution in [0.4, 0.5) is 0 Å². The maximum Gasteiger partial charge on any atom is 0.249 e. The zero-order valence-corrected chi connectivity index (χ0v) is 13.7. The summed E-state index contributed by atoms with van der Waals surface area (Å²) in [4.78, 5) is 15.6. The van der Waals surface area contributed by atoms with Gasteiger partial charge in [-0.05, 0) is 17.7 Å². The molecule has 0 saturated heterocycles. The molecule has 0 N–H and O–H groups in total. The molecule has 6 heteroatoms. The molecule has 3 rings (SSSR count). The molecule has 3 aromatic rings. The maximum absolute atomic E-state index is 12.6. The molecule has 1 atom stereocenters. The van der Waals surface area contributed by atoms with E-state index in [1.54, 1.807) is 18.9 Å². The second-order valence-electron chi connectivity index (χ2n) is 5.66. The minimum absolute atomic E-state index is 0.0594. The Bertz CT molecular complexity index is 801. The number of nitrogens with zero attached hydrogens (tertiary/aromatic N) is 5. The number of carbonyl (C=O) groups is 1. The fraction of sp³-hybridized carbons (Fsp3) is 0.222. The van der Waals surface area contributed by atoms with Gasteiger partial charge in [-0.3, -0.25) is 4.79 Å². The molecule has 0 radical (unpaired) electrons. The lowest BCUT2D eigenvalue weighted by atomic mass is 10.2. The lowest BCUT2D eigenvalue weighted by Gasteiger charge is -2.20. The van der Waals surface area contributed by atoms with Crippen molar-refractivity contribution < 1.29 is 4.79 Å². The molecular weight excluding hydrogens is 302 g/mol. The molecule has 0 bridgehead atoms. The Hall–Kier alpha value is -3.02. The summed E-state index contributed by atoms with van der Waals surface area (Å²) < 4.78 is 0. The fourth-order valence-corrected chi connectivity index (χ4v) is 2.44. The highest BCUT2D eigenvalue weighted by Crippen LogP contribution is 2.15. The van der Waals surface area contributed by atoms with Gasteiger partial charge >= 0.3 is 0 Å². The van der Waals surface area contributed by atoms with Gasteiger partial charge in [0.25, 0.3) is 0 Å². The molecule has 0 aliphatic heterocycles. The first-order chi connectivity index (χ1) is 11.6. The summed E-state index contributed by atoms with van der Waals surface area (Å²) in [5.41, 5.74) is 1.96. The molecular formula is C18H19N5O. The number of rotatable bonds is 5. The molecule has 1 heterocycles. The van der Waals surface area contributed by atoms with Crippen molar-refractivity contribution in [2.75, 3.05) is 7.05 Å². The summed E-state index contributed by atoms with van der Waals surface area (Å²) >= 11 is 0. The van der Waals surface area contributed by atoms with Crippen molar-refractivity contribution in [3.05, 3.63) is 66.2 Å². The molecule has 2 aromatic carbocycles. The molecule has 0 aliphatic rings. The first-order valence-electron chi connectivity index (χ1n) is 7.79. The Morgan fingerprint density at radius 3 is 2.38 bits per heavy atom. The molecule has 0 saturated carbocycles. The molecule has 0 aliphatic carbocycles. The van der Waals surface area contributed by atoms with Crippen molar-refractivity contribution >= 4 is 5.91 Å². The van der Waals surface area contributed by atoms with Gasteiger partial charge in [0.2, 0.25) is 11.7 Å². The average molecular weight is 321 g/mol. The van der Waals surface area contributed by atoms with Gasteiger partial charge in [0, 0.05) is 19.2 Å². The van der Waals surface area contributed by atoms with E-state index in [4.69, 9.17) is 0 Å². The van der Waals surface area contributed by atoms with Gasteiger partial charge in [0.15, 0.2) is 0 Å². The predicted octanol–water partition coefficient (Wildman–Crippen LogP) is 2.56. The zero-order chi connectivity index (χ0) is 16.9. The van der Waals surface area contributed by atoms with E-state index in [9.17, 15) is 4.79 Å². The molecule has 1 aromatic heterocycles. The Morgan fingerprint density at radius 1 is 1.08 bits per heavy atom. The normalized spacial score (nSPS) is 11.9. The van der Waals surface area contributed by atoms with E-state index >= 15 is 0 Å². The lowest BCUT2D eigenvalue weighted by molar-refractivity contribution is -0.134. The molecule has 1 unspecified atom stereocenters. The monoisotopic (exact) mass is 321 g/mol. The summed E-state index contributed by atoms with van der Waals surface area (Å²) in [6.45, 7) is 2.32. The summed E-state index contributed by atoms with van der Waals surface area (Å²) in [6.07, 6.45) is 0. The van der Waals surface area contributed by atoms with Crippen LogP contribution >= 0.6 is 0 Å². The van der Waals surface area contributed by atoms with E-state index in [0.29, 0.717) is 12.4 Å². The van der Waals surface area contributed by atoms with Crippen LogP contribution in [0.3, 0.4) is 0 Å². The van der Waals surface area contributed by atoms with Crippen molar-refractivity contribution in [2.24, 2.45) is 0 Å². The Morgan fingerprint density at radius 2 is 1.71 bits per heavy atom. The van der Waals surface area contributed by atoms with Crippen molar-refractivity contribution in [1.29, 1.82) is 0 Å². The second-order valence-corrected chi connectivity index (χ2v) is 5.66. The van der Waals surface area contributed by atoms with Crippen LogP contribution in [0.5, 0.6) is 0 Å². The molecule has 1 amide bonds. The smallest absolute Gasteiger partial charge is 0.249 e. The SMILES string of the molecule is CC(C(=O)N(C)Cc1ccccc1)n1nnc(-c2ccccc2)n1. The largest absolute Gasteiger partial charge is 0.340 e. The highest BCUT2D eigenvalue weighted by Gasteiger charge is 2.22. The van der Waals surface area contributed by atoms with Crippen LogP contribution in [0.2, 0.25) is 0 Å². The molecule has 24 heavy (non-hydrogen) atoms. The van der Waals surface area contributed by atoms with Crippen molar-refractivity contribution in [3.63, 3.8) is 0 Å². The number of amides is 1. The van der Waals surface area contributed by atoms with Gasteiger partial charge in [-0.15, -0.1) is 10.2 Å². The van der Waals surface area contributed by atoms with Crippen LogP contribution in [0.25, 0.3) is 11.4 Å². The van der Waals surface area contributed by atoms with Crippen molar-refractivity contribution in [3.8, 4) is 11.4 Å². The van der Waals surface area contributed by atoms with Crippen LogP contribution in [-0.4, -0.2) is 38.1 Å². The number of aromatic nitrogens is 4. The van der Waals surface area contributed by atoms with Crippen LogP contribution in [0.15, 0.2) is 60.7 Å². The van der Waals surface area contributed by atoms with Gasteiger partial charge in [0.1, 0.15) is 6.04 Å². The van der Waals surface area contributed by atoms with Gasteiger partial charge in [-0.1, -0.05) is 60.7 Å². The van der Waals surface area contributed by atoms with Crippen LogP contribution in [0.1, 0.15) is 18.5 Å². The molecule has 6 nitrogen and oxygen atoms in total. The predicted molar refractivity (Wildman–Crippen MR) is 90.9 cm³/mol. The lowest BCUT2D eigenvalue weighted by Crippen LogP contribution is -2.33. The van der Waals surface area contributed by atoms with Gasteiger partial charge in [0.05, 0.1) is 0 Å². The maximum atomic E-state index is 12.6. The summed E-state index contributed by atoms with van der Waals surface area (Å²) in [6, 6.07) is 18.9. The fourth-order valence-electron chi connectivity index (χ4n) is 2.44. The summed E-state index contributed by atoms with van der Waals surface area (Å²) in [5.74, 6) is 0.455. The quantitative estimate of drug-likeness (QED) is 0.724. The minimum atomic E-state index is -0.510. The summed E-state index contributed by atoms with van der Waals surface area (Å²) in [5, 5.41) is 12.4. The highest BCUT2D eigenvalue weighted by atomic mass is 16.2. The first kappa shape index (κ1) is 15.9. The molecule has 0 fully saturated rings. The topological polar surface area (TPSA) is 63.9 Å². The number of tetrazole rings is 1. The van der Waals surface area contributed by atoms with E-state index in [1.807, 2.05) is 60.7 Å². The van der Waals surface area contributed by atoms with Gasteiger partial charge in [-0.25, -0.2) is 0 Å². The van der Waals surface area contributed by atoms with Gasteiger partial charge < -0.3 is 4.90 Å². The highest BCUT2D eigenvalue weighted by molar-refractivity contribution is 5.79. The Labute approximate surface area is 140 Å². The number of hydrogen-bond donors (Lipinski definition) is 0. The second kappa shape index (κ2) is 7.04. The van der Waals surface area contributed by atoms with E-state index < -0.39 is 6.04 Å². The number of likely N-dealkylation sites (N-methyl/N-ethyl adjacent to an activating group) is 1. The van der Waals surface area contributed by atoms with Crippen molar-refractivity contribution in [2.45, 2.75) is 19.5 Å². The number of carbonyl (C=O) groups excluding carboxylic acids is 1. The minimum Gasteiger partial charge on any atom is -0.340 e. The third-order valence-electron chi connectivity index (χ3n) is 3.80. The van der Waals surface area contributed by atoms with Crippen LogP contribution in [0, 0.1) is 0 Å². The van der Waals surface area contributed by atoms with Crippen LogP contribution in [-0.2, 0) is 11.3 Å². The van der Waals surface area contributed by atoms with Crippen molar-refractivity contribution in [1.82, 2.24) is 25.1 Å². The molecule has 0 spiro atoms. The number of benzene rings is 2. The van der Waals surface area contributed by atoms with E-state index in [2.05, 4.69) is 15.4 Å². The number of hydrogen-bond acceptors (Lipinski definition) is 4.